The highest BCUT2D eigenvalue weighted by Crippen LogP contribution is 2.25. The van der Waals surface area contributed by atoms with Gasteiger partial charge in [0.2, 0.25) is 5.91 Å². The molecule has 0 aromatic rings. The lowest BCUT2D eigenvalue weighted by Gasteiger charge is -2.24. The highest BCUT2D eigenvalue weighted by Gasteiger charge is 2.33. The van der Waals surface area contributed by atoms with Gasteiger partial charge < -0.3 is 15.2 Å². The predicted molar refractivity (Wildman–Crippen MR) is 62.5 cm³/mol. The Hall–Kier alpha value is -1.36. The van der Waals surface area contributed by atoms with E-state index in [0.717, 1.165) is 0 Å². The van der Waals surface area contributed by atoms with Gasteiger partial charge in [0.05, 0.1) is 18.4 Å². The van der Waals surface area contributed by atoms with Gasteiger partial charge in [0.1, 0.15) is 0 Å². The molecule has 96 valence electrons. The number of carbonyl (C=O) groups is 2. The number of carboxylic acid groups (broad SMARTS) is 1. The molecule has 0 saturated carbocycles. The number of ether oxygens (including phenoxy) is 1. The summed E-state index contributed by atoms with van der Waals surface area (Å²) < 4.78 is 5.10. The van der Waals surface area contributed by atoms with Gasteiger partial charge in [0, 0.05) is 13.2 Å². The van der Waals surface area contributed by atoms with Crippen LogP contribution in [-0.2, 0) is 14.3 Å². The first-order valence-corrected chi connectivity index (χ1v) is 5.90. The summed E-state index contributed by atoms with van der Waals surface area (Å²) in [6.45, 7) is 3.38. The highest BCUT2D eigenvalue weighted by atomic mass is 16.5. The van der Waals surface area contributed by atoms with Crippen molar-refractivity contribution in [3.63, 3.8) is 0 Å². The topological polar surface area (TPSA) is 75.6 Å². The van der Waals surface area contributed by atoms with Crippen LogP contribution in [0, 0.1) is 11.8 Å². The third-order valence-corrected chi connectivity index (χ3v) is 2.84. The van der Waals surface area contributed by atoms with Crippen LogP contribution in [0.15, 0.2) is 12.2 Å². The van der Waals surface area contributed by atoms with E-state index in [1.54, 1.807) is 0 Å². The number of amides is 1. The van der Waals surface area contributed by atoms with E-state index in [1.165, 1.54) is 0 Å². The zero-order chi connectivity index (χ0) is 12.7. The number of carboxylic acids is 1. The normalized spacial score (nSPS) is 23.4. The van der Waals surface area contributed by atoms with Crippen LogP contribution in [0.1, 0.15) is 19.8 Å². The predicted octanol–water partition coefficient (Wildman–Crippen LogP) is 0.806. The number of hydrogen-bond donors (Lipinski definition) is 2. The highest BCUT2D eigenvalue weighted by molar-refractivity contribution is 5.85. The first kappa shape index (κ1) is 13.7. The fraction of sp³-hybridized carbons (Fsp3) is 0.667. The molecular weight excluding hydrogens is 222 g/mol. The van der Waals surface area contributed by atoms with Crippen molar-refractivity contribution in [1.82, 2.24) is 5.32 Å². The molecule has 17 heavy (non-hydrogen) atoms. The lowest BCUT2D eigenvalue weighted by Crippen LogP contribution is -2.40. The lowest BCUT2D eigenvalue weighted by atomic mass is 9.82. The minimum Gasteiger partial charge on any atom is -0.481 e. The molecule has 0 heterocycles. The SMILES string of the molecule is CCOCCNC(=O)C1CC=CCC1C(=O)O. The van der Waals surface area contributed by atoms with Crippen LogP contribution >= 0.6 is 0 Å². The zero-order valence-electron chi connectivity index (χ0n) is 10.0. The summed E-state index contributed by atoms with van der Waals surface area (Å²) in [5.41, 5.74) is 0. The smallest absolute Gasteiger partial charge is 0.307 e. The average Bonchev–Trinajstić information content (AvgIpc) is 2.34. The molecule has 0 bridgehead atoms. The van der Waals surface area contributed by atoms with Crippen molar-refractivity contribution in [2.75, 3.05) is 19.8 Å². The lowest BCUT2D eigenvalue weighted by molar-refractivity contribution is -0.147. The maximum Gasteiger partial charge on any atom is 0.307 e. The zero-order valence-corrected chi connectivity index (χ0v) is 10.0. The molecule has 0 radical (unpaired) electrons. The number of hydrogen-bond acceptors (Lipinski definition) is 3. The van der Waals surface area contributed by atoms with Crippen molar-refractivity contribution in [2.24, 2.45) is 11.8 Å². The minimum atomic E-state index is -0.903. The molecule has 2 unspecified atom stereocenters. The minimum absolute atomic E-state index is 0.193. The van der Waals surface area contributed by atoms with Crippen molar-refractivity contribution < 1.29 is 19.4 Å². The van der Waals surface area contributed by atoms with Gasteiger partial charge in [0.25, 0.3) is 0 Å². The summed E-state index contributed by atoms with van der Waals surface area (Å²) in [6, 6.07) is 0. The second-order valence-electron chi connectivity index (χ2n) is 3.98. The van der Waals surface area contributed by atoms with Crippen LogP contribution < -0.4 is 5.32 Å². The van der Waals surface area contributed by atoms with Crippen molar-refractivity contribution in [1.29, 1.82) is 0 Å². The van der Waals surface area contributed by atoms with Crippen LogP contribution in [0.3, 0.4) is 0 Å². The van der Waals surface area contributed by atoms with E-state index < -0.39 is 17.8 Å². The molecule has 0 aromatic carbocycles. The molecule has 0 spiro atoms. The molecule has 1 aliphatic carbocycles. The van der Waals surface area contributed by atoms with E-state index in [4.69, 9.17) is 9.84 Å². The fourth-order valence-corrected chi connectivity index (χ4v) is 1.90. The molecule has 1 amide bonds. The van der Waals surface area contributed by atoms with Gasteiger partial charge in [-0.1, -0.05) is 12.2 Å². The molecule has 2 atom stereocenters. The van der Waals surface area contributed by atoms with E-state index in [1.807, 2.05) is 19.1 Å². The Morgan fingerprint density at radius 1 is 1.35 bits per heavy atom. The molecule has 2 N–H and O–H groups in total. The van der Waals surface area contributed by atoms with Crippen LogP contribution in [0.5, 0.6) is 0 Å². The largest absolute Gasteiger partial charge is 0.481 e. The summed E-state index contributed by atoms with van der Waals surface area (Å²) in [4.78, 5) is 22.8. The molecule has 5 heteroatoms. The number of rotatable bonds is 6. The van der Waals surface area contributed by atoms with Gasteiger partial charge in [-0.05, 0) is 19.8 Å². The van der Waals surface area contributed by atoms with Gasteiger partial charge in [0.15, 0.2) is 0 Å². The molecule has 0 saturated heterocycles. The van der Waals surface area contributed by atoms with Gasteiger partial charge in [-0.3, -0.25) is 9.59 Å². The van der Waals surface area contributed by atoms with E-state index in [9.17, 15) is 9.59 Å². The molecule has 0 aliphatic heterocycles. The third-order valence-electron chi connectivity index (χ3n) is 2.84. The van der Waals surface area contributed by atoms with Gasteiger partial charge in [-0.15, -0.1) is 0 Å². The number of nitrogens with one attached hydrogen (secondary N) is 1. The second kappa shape index (κ2) is 7.06. The van der Waals surface area contributed by atoms with Crippen LogP contribution in [0.2, 0.25) is 0 Å². The number of allylic oxidation sites excluding steroid dienone is 2. The van der Waals surface area contributed by atoms with E-state index in [2.05, 4.69) is 5.32 Å². The molecule has 1 rings (SSSR count). The molecule has 1 aliphatic rings. The summed E-state index contributed by atoms with van der Waals surface area (Å²) in [5.74, 6) is -2.16. The van der Waals surface area contributed by atoms with Crippen molar-refractivity contribution >= 4 is 11.9 Å². The van der Waals surface area contributed by atoms with Crippen LogP contribution in [0.25, 0.3) is 0 Å². The Bertz CT molecular complexity index is 301. The Balaban J connectivity index is 2.43. The first-order valence-electron chi connectivity index (χ1n) is 5.90. The quantitative estimate of drug-likeness (QED) is 0.533. The van der Waals surface area contributed by atoms with Crippen LogP contribution in [-0.4, -0.2) is 36.7 Å². The van der Waals surface area contributed by atoms with Gasteiger partial charge in [-0.25, -0.2) is 0 Å². The number of carbonyl (C=O) groups excluding carboxylic acids is 1. The van der Waals surface area contributed by atoms with Gasteiger partial charge >= 0.3 is 5.97 Å². The average molecular weight is 241 g/mol. The van der Waals surface area contributed by atoms with Crippen molar-refractivity contribution in [3.8, 4) is 0 Å². The molecule has 0 aromatic heterocycles. The maximum absolute atomic E-state index is 11.8. The van der Waals surface area contributed by atoms with E-state index >= 15 is 0 Å². The third kappa shape index (κ3) is 4.19. The van der Waals surface area contributed by atoms with Gasteiger partial charge in [-0.2, -0.15) is 0 Å². The first-order chi connectivity index (χ1) is 8.16. The van der Waals surface area contributed by atoms with Crippen LogP contribution in [0.4, 0.5) is 0 Å². The maximum atomic E-state index is 11.8. The Kier molecular flexibility index (Phi) is 5.69. The molecule has 0 fully saturated rings. The fourth-order valence-electron chi connectivity index (χ4n) is 1.90. The second-order valence-corrected chi connectivity index (χ2v) is 3.98. The monoisotopic (exact) mass is 241 g/mol. The Morgan fingerprint density at radius 3 is 2.59 bits per heavy atom. The Labute approximate surface area is 101 Å². The summed E-state index contributed by atoms with van der Waals surface area (Å²) >= 11 is 0. The Morgan fingerprint density at radius 2 is 2.00 bits per heavy atom. The number of aliphatic carboxylic acids is 1. The molecule has 5 nitrogen and oxygen atoms in total. The summed E-state index contributed by atoms with van der Waals surface area (Å²) in [6.07, 6.45) is 4.62. The molecular formula is C12H19NO4. The van der Waals surface area contributed by atoms with E-state index in [0.29, 0.717) is 32.6 Å². The standard InChI is InChI=1S/C12H19NO4/c1-2-17-8-7-13-11(14)9-5-3-4-6-10(9)12(15)16/h3-4,9-10H,2,5-8H2,1H3,(H,13,14)(H,15,16). The van der Waals surface area contributed by atoms with E-state index in [-0.39, 0.29) is 5.91 Å². The van der Waals surface area contributed by atoms with Crippen molar-refractivity contribution in [2.45, 2.75) is 19.8 Å². The van der Waals surface area contributed by atoms with Crippen molar-refractivity contribution in [3.05, 3.63) is 12.2 Å². The summed E-state index contributed by atoms with van der Waals surface area (Å²) in [7, 11) is 0. The summed E-state index contributed by atoms with van der Waals surface area (Å²) in [5, 5.41) is 11.7.